The van der Waals surface area contributed by atoms with E-state index >= 15 is 0 Å². The Bertz CT molecular complexity index is 1030. The largest absolute Gasteiger partial charge is 0.465 e. The standard InChI is InChI=1S/C20H18N4O3S/c1-12-17-18(13-6-8-14(9-7-13)20(26)27-2)28-11-16(25)22-19(17)24(23-12)15-5-3-4-10-21-15/h3-10,18H,11H2,1-2H3,(H,22,25). The highest BCUT2D eigenvalue weighted by atomic mass is 32.2. The molecule has 4 rings (SSSR count). The van der Waals surface area contributed by atoms with Crippen molar-refractivity contribution in [1.29, 1.82) is 0 Å². The lowest BCUT2D eigenvalue weighted by atomic mass is 10.0. The zero-order valence-electron chi connectivity index (χ0n) is 15.4. The molecule has 0 fully saturated rings. The summed E-state index contributed by atoms with van der Waals surface area (Å²) >= 11 is 1.53. The summed E-state index contributed by atoms with van der Waals surface area (Å²) < 4.78 is 6.44. The number of benzene rings is 1. The summed E-state index contributed by atoms with van der Waals surface area (Å²) in [6, 6.07) is 12.8. The number of hydrogen-bond donors (Lipinski definition) is 1. The van der Waals surface area contributed by atoms with E-state index in [1.165, 1.54) is 18.9 Å². The van der Waals surface area contributed by atoms with Gasteiger partial charge in [0.1, 0.15) is 5.82 Å². The first-order chi connectivity index (χ1) is 13.6. The molecule has 1 aliphatic heterocycles. The molecule has 3 heterocycles. The van der Waals surface area contributed by atoms with E-state index in [1.807, 2.05) is 37.3 Å². The van der Waals surface area contributed by atoms with Gasteiger partial charge in [-0.05, 0) is 36.8 Å². The van der Waals surface area contributed by atoms with E-state index in [0.29, 0.717) is 23.0 Å². The Hall–Kier alpha value is -3.13. The molecule has 0 saturated heterocycles. The van der Waals surface area contributed by atoms with Gasteiger partial charge in [0.25, 0.3) is 0 Å². The van der Waals surface area contributed by atoms with Gasteiger partial charge in [-0.2, -0.15) is 9.78 Å². The molecule has 28 heavy (non-hydrogen) atoms. The van der Waals surface area contributed by atoms with Crippen LogP contribution < -0.4 is 5.32 Å². The summed E-state index contributed by atoms with van der Waals surface area (Å²) in [4.78, 5) is 28.4. The second-order valence-corrected chi connectivity index (χ2v) is 7.39. The Morgan fingerprint density at radius 1 is 1.25 bits per heavy atom. The number of thioether (sulfide) groups is 1. The van der Waals surface area contributed by atoms with E-state index in [9.17, 15) is 9.59 Å². The van der Waals surface area contributed by atoms with E-state index in [1.54, 1.807) is 23.0 Å². The molecule has 0 saturated carbocycles. The van der Waals surface area contributed by atoms with Crippen LogP contribution in [0.15, 0.2) is 48.7 Å². The van der Waals surface area contributed by atoms with Crippen molar-refractivity contribution >= 4 is 29.5 Å². The lowest BCUT2D eigenvalue weighted by Crippen LogP contribution is -2.16. The molecule has 1 atom stereocenters. The first-order valence-electron chi connectivity index (χ1n) is 8.69. The number of aromatic nitrogens is 3. The zero-order chi connectivity index (χ0) is 19.7. The number of rotatable bonds is 3. The van der Waals surface area contributed by atoms with Crippen LogP contribution in [-0.2, 0) is 9.53 Å². The number of nitrogens with zero attached hydrogens (tertiary/aromatic N) is 3. The van der Waals surface area contributed by atoms with Crippen LogP contribution in [0.5, 0.6) is 0 Å². The minimum Gasteiger partial charge on any atom is -0.465 e. The van der Waals surface area contributed by atoms with Crippen LogP contribution in [0.1, 0.15) is 32.4 Å². The SMILES string of the molecule is COC(=O)c1ccc(C2SCC(=O)Nc3c2c(C)nn3-c2ccccn2)cc1. The number of fused-ring (bicyclic) bond motifs is 1. The van der Waals surface area contributed by atoms with Crippen molar-refractivity contribution in [2.45, 2.75) is 12.2 Å². The summed E-state index contributed by atoms with van der Waals surface area (Å²) in [7, 11) is 1.36. The molecule has 0 aliphatic carbocycles. The fraction of sp³-hybridized carbons (Fsp3) is 0.200. The molecule has 1 aliphatic rings. The topological polar surface area (TPSA) is 86.1 Å². The monoisotopic (exact) mass is 394 g/mol. The summed E-state index contributed by atoms with van der Waals surface area (Å²) in [6.07, 6.45) is 1.69. The number of methoxy groups -OCH3 is 1. The van der Waals surface area contributed by atoms with Crippen LogP contribution in [0.25, 0.3) is 5.82 Å². The quantitative estimate of drug-likeness (QED) is 0.687. The molecule has 1 N–H and O–H groups in total. The van der Waals surface area contributed by atoms with Gasteiger partial charge in [-0.3, -0.25) is 4.79 Å². The summed E-state index contributed by atoms with van der Waals surface area (Å²) in [5.74, 6) is 1.13. The summed E-state index contributed by atoms with van der Waals surface area (Å²) in [5.41, 5.74) is 3.23. The molecule has 3 aromatic rings. The average Bonchev–Trinajstić information content (AvgIpc) is 2.93. The predicted molar refractivity (Wildman–Crippen MR) is 107 cm³/mol. The number of hydrogen-bond acceptors (Lipinski definition) is 6. The first-order valence-corrected chi connectivity index (χ1v) is 9.74. The van der Waals surface area contributed by atoms with E-state index in [4.69, 9.17) is 4.74 Å². The van der Waals surface area contributed by atoms with Gasteiger partial charge in [-0.15, -0.1) is 11.8 Å². The number of carbonyl (C=O) groups excluding carboxylic acids is 2. The maximum Gasteiger partial charge on any atom is 0.337 e. The molecular formula is C20H18N4O3S. The van der Waals surface area contributed by atoms with Crippen molar-refractivity contribution in [2.24, 2.45) is 0 Å². The third-order valence-electron chi connectivity index (χ3n) is 4.51. The number of nitrogens with one attached hydrogen (secondary N) is 1. The van der Waals surface area contributed by atoms with E-state index in [0.717, 1.165) is 16.8 Å². The van der Waals surface area contributed by atoms with E-state index in [2.05, 4.69) is 15.4 Å². The molecule has 7 nitrogen and oxygen atoms in total. The highest BCUT2D eigenvalue weighted by Gasteiger charge is 2.30. The van der Waals surface area contributed by atoms with Crippen LogP contribution in [0, 0.1) is 6.92 Å². The fourth-order valence-electron chi connectivity index (χ4n) is 3.20. The minimum atomic E-state index is -0.378. The van der Waals surface area contributed by atoms with Crippen LogP contribution in [0.3, 0.4) is 0 Å². The Kier molecular flexibility index (Phi) is 4.87. The van der Waals surface area contributed by atoms with Gasteiger partial charge < -0.3 is 10.1 Å². The van der Waals surface area contributed by atoms with Crippen molar-refractivity contribution in [3.63, 3.8) is 0 Å². The molecule has 142 valence electrons. The number of amides is 1. The second kappa shape index (κ2) is 7.47. The van der Waals surface area contributed by atoms with Crippen LogP contribution >= 0.6 is 11.8 Å². The smallest absolute Gasteiger partial charge is 0.337 e. The Morgan fingerprint density at radius 3 is 2.71 bits per heavy atom. The third-order valence-corrected chi connectivity index (χ3v) is 5.78. The van der Waals surface area contributed by atoms with Crippen LogP contribution in [0.2, 0.25) is 0 Å². The fourth-order valence-corrected chi connectivity index (χ4v) is 4.39. The summed E-state index contributed by atoms with van der Waals surface area (Å²) in [5, 5.41) is 7.50. The molecule has 2 aromatic heterocycles. The predicted octanol–water partition coefficient (Wildman–Crippen LogP) is 3.14. The number of ether oxygens (including phenoxy) is 1. The lowest BCUT2D eigenvalue weighted by molar-refractivity contribution is -0.113. The van der Waals surface area contributed by atoms with Crippen molar-refractivity contribution in [2.75, 3.05) is 18.2 Å². The zero-order valence-corrected chi connectivity index (χ0v) is 16.2. The highest BCUT2D eigenvalue weighted by molar-refractivity contribution is 8.00. The maximum absolute atomic E-state index is 12.3. The van der Waals surface area contributed by atoms with Gasteiger partial charge in [0.2, 0.25) is 5.91 Å². The number of pyridine rings is 1. The number of aryl methyl sites for hydroxylation is 1. The molecule has 1 aromatic carbocycles. The maximum atomic E-state index is 12.3. The average molecular weight is 394 g/mol. The molecule has 0 spiro atoms. The van der Waals surface area contributed by atoms with Gasteiger partial charge in [-0.1, -0.05) is 18.2 Å². The minimum absolute atomic E-state index is 0.0861. The van der Waals surface area contributed by atoms with Gasteiger partial charge in [0.05, 0.1) is 29.4 Å². The van der Waals surface area contributed by atoms with Gasteiger partial charge >= 0.3 is 5.97 Å². The number of carbonyl (C=O) groups is 2. The van der Waals surface area contributed by atoms with Crippen LogP contribution in [-0.4, -0.2) is 39.5 Å². The number of anilines is 1. The molecule has 1 amide bonds. The molecule has 8 heteroatoms. The Labute approximate surface area is 166 Å². The Balaban J connectivity index is 1.81. The van der Waals surface area contributed by atoms with E-state index < -0.39 is 0 Å². The molecule has 0 bridgehead atoms. The van der Waals surface area contributed by atoms with Crippen molar-refractivity contribution in [3.8, 4) is 5.82 Å². The third kappa shape index (κ3) is 3.27. The number of esters is 1. The van der Waals surface area contributed by atoms with Crippen molar-refractivity contribution in [3.05, 3.63) is 71.0 Å². The van der Waals surface area contributed by atoms with Gasteiger partial charge in [0, 0.05) is 11.8 Å². The first kappa shape index (κ1) is 18.2. The second-order valence-electron chi connectivity index (χ2n) is 6.30. The Morgan fingerprint density at radius 2 is 2.04 bits per heavy atom. The lowest BCUT2D eigenvalue weighted by Gasteiger charge is -2.15. The molecular weight excluding hydrogens is 376 g/mol. The van der Waals surface area contributed by atoms with Crippen molar-refractivity contribution in [1.82, 2.24) is 14.8 Å². The van der Waals surface area contributed by atoms with Gasteiger partial charge in [0.15, 0.2) is 5.82 Å². The van der Waals surface area contributed by atoms with E-state index in [-0.39, 0.29) is 17.1 Å². The van der Waals surface area contributed by atoms with Gasteiger partial charge in [-0.25, -0.2) is 9.78 Å². The molecule has 1 unspecified atom stereocenters. The highest BCUT2D eigenvalue weighted by Crippen LogP contribution is 2.43. The summed E-state index contributed by atoms with van der Waals surface area (Å²) in [6.45, 7) is 1.92. The molecule has 0 radical (unpaired) electrons. The van der Waals surface area contributed by atoms with Crippen LogP contribution in [0.4, 0.5) is 5.82 Å². The van der Waals surface area contributed by atoms with Crippen molar-refractivity contribution < 1.29 is 14.3 Å². The normalized spacial score (nSPS) is 16.1.